The van der Waals surface area contributed by atoms with Crippen molar-refractivity contribution < 1.29 is 0 Å². The molecule has 16 heavy (non-hydrogen) atoms. The average molecular weight is 226 g/mol. The number of hydrogen-bond donors (Lipinski definition) is 1. The molecule has 0 unspecified atom stereocenters. The standard InChI is InChI=1S/C15H32N/c1-4-5-6-7-8-9-10-11-12-13-14-16-15(2)3/h14-16H,4-13H2,1-3H3. The molecule has 1 N–H and O–H groups in total. The lowest BCUT2D eigenvalue weighted by atomic mass is 10.1. The normalized spacial score (nSPS) is 11.2. The van der Waals surface area contributed by atoms with Crippen LogP contribution in [-0.4, -0.2) is 6.04 Å². The van der Waals surface area contributed by atoms with Gasteiger partial charge < -0.3 is 5.32 Å². The topological polar surface area (TPSA) is 12.0 Å². The van der Waals surface area contributed by atoms with Crippen molar-refractivity contribution in [1.29, 1.82) is 0 Å². The van der Waals surface area contributed by atoms with Crippen LogP contribution in [0.4, 0.5) is 0 Å². The van der Waals surface area contributed by atoms with Gasteiger partial charge in [-0.3, -0.25) is 0 Å². The van der Waals surface area contributed by atoms with E-state index in [1.54, 1.807) is 0 Å². The highest BCUT2D eigenvalue weighted by Gasteiger charge is 1.94. The molecule has 0 aliphatic heterocycles. The quantitative estimate of drug-likeness (QED) is 0.458. The SMILES string of the molecule is CCCCCCCCCCC[CH]NC(C)C. The van der Waals surface area contributed by atoms with E-state index in [-0.39, 0.29) is 0 Å². The second-order valence-corrected chi connectivity index (χ2v) is 5.14. The summed E-state index contributed by atoms with van der Waals surface area (Å²) in [7, 11) is 0. The second-order valence-electron chi connectivity index (χ2n) is 5.14. The van der Waals surface area contributed by atoms with Crippen LogP contribution in [0.15, 0.2) is 0 Å². The Balaban J connectivity index is 2.88. The van der Waals surface area contributed by atoms with Crippen molar-refractivity contribution in [2.24, 2.45) is 0 Å². The molecule has 0 rings (SSSR count). The maximum absolute atomic E-state index is 3.35. The van der Waals surface area contributed by atoms with Gasteiger partial charge in [0, 0.05) is 12.6 Å². The van der Waals surface area contributed by atoms with E-state index in [4.69, 9.17) is 0 Å². The average Bonchev–Trinajstić information content (AvgIpc) is 2.25. The Morgan fingerprint density at radius 3 is 1.81 bits per heavy atom. The van der Waals surface area contributed by atoms with E-state index in [2.05, 4.69) is 32.6 Å². The Morgan fingerprint density at radius 1 is 0.812 bits per heavy atom. The summed E-state index contributed by atoms with van der Waals surface area (Å²) in [6.45, 7) is 8.88. The summed E-state index contributed by atoms with van der Waals surface area (Å²) in [5.41, 5.74) is 0. The summed E-state index contributed by atoms with van der Waals surface area (Å²) in [5, 5.41) is 3.35. The number of hydrogen-bond acceptors (Lipinski definition) is 1. The van der Waals surface area contributed by atoms with E-state index >= 15 is 0 Å². The van der Waals surface area contributed by atoms with Gasteiger partial charge in [0.05, 0.1) is 0 Å². The van der Waals surface area contributed by atoms with Gasteiger partial charge >= 0.3 is 0 Å². The summed E-state index contributed by atoms with van der Waals surface area (Å²) >= 11 is 0. The Morgan fingerprint density at radius 2 is 1.31 bits per heavy atom. The fourth-order valence-electron chi connectivity index (χ4n) is 1.88. The Kier molecular flexibility index (Phi) is 13.0. The number of nitrogens with one attached hydrogen (secondary N) is 1. The van der Waals surface area contributed by atoms with Crippen molar-refractivity contribution in [1.82, 2.24) is 5.32 Å². The molecule has 0 bridgehead atoms. The molecule has 0 amide bonds. The molecule has 0 saturated heterocycles. The van der Waals surface area contributed by atoms with E-state index in [0.29, 0.717) is 6.04 Å². The third-order valence-electron chi connectivity index (χ3n) is 2.90. The molecule has 0 heterocycles. The lowest BCUT2D eigenvalue weighted by Gasteiger charge is -2.06. The molecule has 0 aliphatic carbocycles. The van der Waals surface area contributed by atoms with Crippen LogP contribution in [0, 0.1) is 6.54 Å². The summed E-state index contributed by atoms with van der Waals surface area (Å²) in [4.78, 5) is 0. The van der Waals surface area contributed by atoms with Crippen molar-refractivity contribution in [2.75, 3.05) is 0 Å². The summed E-state index contributed by atoms with van der Waals surface area (Å²) in [5.74, 6) is 0. The molecule has 0 fully saturated rings. The van der Waals surface area contributed by atoms with E-state index in [1.807, 2.05) is 0 Å². The third kappa shape index (κ3) is 14.0. The van der Waals surface area contributed by atoms with Gasteiger partial charge in [0.2, 0.25) is 0 Å². The molecule has 0 aromatic heterocycles. The maximum atomic E-state index is 3.35. The zero-order valence-electron chi connectivity index (χ0n) is 11.7. The van der Waals surface area contributed by atoms with Gasteiger partial charge in [-0.25, -0.2) is 0 Å². The van der Waals surface area contributed by atoms with Crippen LogP contribution in [0.2, 0.25) is 0 Å². The molecule has 0 aliphatic rings. The van der Waals surface area contributed by atoms with E-state index in [9.17, 15) is 0 Å². The van der Waals surface area contributed by atoms with Crippen LogP contribution < -0.4 is 5.32 Å². The van der Waals surface area contributed by atoms with Crippen LogP contribution in [0.5, 0.6) is 0 Å². The minimum atomic E-state index is 0.596. The second kappa shape index (κ2) is 13.0. The minimum Gasteiger partial charge on any atom is -0.310 e. The van der Waals surface area contributed by atoms with Crippen molar-refractivity contribution in [2.45, 2.75) is 91.0 Å². The third-order valence-corrected chi connectivity index (χ3v) is 2.90. The molecule has 0 aromatic carbocycles. The first-order valence-electron chi connectivity index (χ1n) is 7.35. The molecule has 0 atom stereocenters. The van der Waals surface area contributed by atoms with Crippen LogP contribution >= 0.6 is 0 Å². The van der Waals surface area contributed by atoms with E-state index in [1.165, 1.54) is 64.2 Å². The fourth-order valence-corrected chi connectivity index (χ4v) is 1.88. The van der Waals surface area contributed by atoms with Crippen LogP contribution in [0.25, 0.3) is 0 Å². The predicted molar refractivity (Wildman–Crippen MR) is 74.4 cm³/mol. The van der Waals surface area contributed by atoms with E-state index < -0.39 is 0 Å². The van der Waals surface area contributed by atoms with Gasteiger partial charge in [-0.15, -0.1) is 0 Å². The van der Waals surface area contributed by atoms with Gasteiger partial charge in [-0.2, -0.15) is 0 Å². The highest BCUT2D eigenvalue weighted by atomic mass is 14.9. The monoisotopic (exact) mass is 226 g/mol. The lowest BCUT2D eigenvalue weighted by Crippen LogP contribution is -2.19. The predicted octanol–water partition coefficient (Wildman–Crippen LogP) is 5.07. The van der Waals surface area contributed by atoms with Crippen molar-refractivity contribution >= 4 is 0 Å². The summed E-state index contributed by atoms with van der Waals surface area (Å²) in [6.07, 6.45) is 14.0. The molecule has 1 radical (unpaired) electrons. The summed E-state index contributed by atoms with van der Waals surface area (Å²) < 4.78 is 0. The molecule has 1 heteroatoms. The smallest absolute Gasteiger partial charge is 0.0223 e. The minimum absolute atomic E-state index is 0.596. The van der Waals surface area contributed by atoms with Crippen molar-refractivity contribution in [3.63, 3.8) is 0 Å². The van der Waals surface area contributed by atoms with Gasteiger partial charge in [-0.1, -0.05) is 78.6 Å². The fraction of sp³-hybridized carbons (Fsp3) is 0.933. The molecule has 1 nitrogen and oxygen atoms in total. The zero-order chi connectivity index (χ0) is 12.1. The first-order valence-corrected chi connectivity index (χ1v) is 7.35. The zero-order valence-corrected chi connectivity index (χ0v) is 11.7. The molecule has 0 spiro atoms. The van der Waals surface area contributed by atoms with Crippen molar-refractivity contribution in [3.05, 3.63) is 6.54 Å². The number of rotatable bonds is 12. The summed E-state index contributed by atoms with van der Waals surface area (Å²) in [6, 6.07) is 0.596. The van der Waals surface area contributed by atoms with E-state index in [0.717, 1.165) is 0 Å². The molecule has 97 valence electrons. The molecule has 0 saturated carbocycles. The molecular weight excluding hydrogens is 194 g/mol. The highest BCUT2D eigenvalue weighted by molar-refractivity contribution is 4.64. The highest BCUT2D eigenvalue weighted by Crippen LogP contribution is 2.10. The maximum Gasteiger partial charge on any atom is 0.0223 e. The number of unbranched alkanes of at least 4 members (excludes halogenated alkanes) is 9. The van der Waals surface area contributed by atoms with Crippen LogP contribution in [-0.2, 0) is 0 Å². The van der Waals surface area contributed by atoms with Crippen LogP contribution in [0.1, 0.15) is 85.0 Å². The molecule has 0 aromatic rings. The first kappa shape index (κ1) is 16.0. The van der Waals surface area contributed by atoms with Crippen molar-refractivity contribution in [3.8, 4) is 0 Å². The van der Waals surface area contributed by atoms with Gasteiger partial charge in [-0.05, 0) is 6.42 Å². The Hall–Kier alpha value is -0.0400. The largest absolute Gasteiger partial charge is 0.310 e. The van der Waals surface area contributed by atoms with Crippen LogP contribution in [0.3, 0.4) is 0 Å². The van der Waals surface area contributed by atoms with Gasteiger partial charge in [0.1, 0.15) is 0 Å². The van der Waals surface area contributed by atoms with Gasteiger partial charge in [0.25, 0.3) is 0 Å². The molecular formula is C15H32N. The Labute approximate surface area is 103 Å². The Bertz CT molecular complexity index is 121. The lowest BCUT2D eigenvalue weighted by molar-refractivity contribution is 0.552. The first-order chi connectivity index (χ1) is 7.77. The van der Waals surface area contributed by atoms with Gasteiger partial charge in [0.15, 0.2) is 0 Å².